The number of carbonyl (C=O) groups excluding carboxylic acids is 1. The standard InChI is InChI=1S/C17H17NO4/c1-11-7-8-14(12(2)9-11)16(19)10-22-17-6-4-5-15(13(17)3)18(20)21/h4-9H,10H2,1-3H3. The quantitative estimate of drug-likeness (QED) is 0.478. The van der Waals surface area contributed by atoms with Crippen LogP contribution in [-0.2, 0) is 0 Å². The largest absolute Gasteiger partial charge is 0.485 e. The van der Waals surface area contributed by atoms with Gasteiger partial charge in [-0.15, -0.1) is 0 Å². The fraction of sp³-hybridized carbons (Fsp3) is 0.235. The summed E-state index contributed by atoms with van der Waals surface area (Å²) in [4.78, 5) is 22.7. The van der Waals surface area contributed by atoms with Gasteiger partial charge in [0.1, 0.15) is 5.75 Å². The van der Waals surface area contributed by atoms with Crippen LogP contribution in [0.15, 0.2) is 36.4 Å². The highest BCUT2D eigenvalue weighted by atomic mass is 16.6. The highest BCUT2D eigenvalue weighted by Crippen LogP contribution is 2.27. The Morgan fingerprint density at radius 2 is 1.91 bits per heavy atom. The summed E-state index contributed by atoms with van der Waals surface area (Å²) in [6.45, 7) is 5.30. The Hall–Kier alpha value is -2.69. The highest BCUT2D eigenvalue weighted by molar-refractivity contribution is 5.98. The van der Waals surface area contributed by atoms with Crippen molar-refractivity contribution >= 4 is 11.5 Å². The molecule has 5 heteroatoms. The number of hydrogen-bond acceptors (Lipinski definition) is 4. The maximum Gasteiger partial charge on any atom is 0.276 e. The average Bonchev–Trinajstić information content (AvgIpc) is 2.45. The molecule has 2 aromatic carbocycles. The molecule has 5 nitrogen and oxygen atoms in total. The van der Waals surface area contributed by atoms with E-state index >= 15 is 0 Å². The zero-order valence-corrected chi connectivity index (χ0v) is 12.8. The Kier molecular flexibility index (Phi) is 4.56. The van der Waals surface area contributed by atoms with E-state index in [1.807, 2.05) is 26.0 Å². The maximum absolute atomic E-state index is 12.2. The number of nitro groups is 1. The molecule has 0 spiro atoms. The van der Waals surface area contributed by atoms with E-state index in [1.54, 1.807) is 25.1 Å². The summed E-state index contributed by atoms with van der Waals surface area (Å²) in [6.07, 6.45) is 0. The lowest BCUT2D eigenvalue weighted by molar-refractivity contribution is -0.385. The van der Waals surface area contributed by atoms with Crippen LogP contribution in [0.25, 0.3) is 0 Å². The molecule has 2 rings (SSSR count). The van der Waals surface area contributed by atoms with Crippen LogP contribution in [0.2, 0.25) is 0 Å². The van der Waals surface area contributed by atoms with E-state index in [2.05, 4.69) is 0 Å². The minimum Gasteiger partial charge on any atom is -0.485 e. The zero-order valence-electron chi connectivity index (χ0n) is 12.8. The Labute approximate surface area is 128 Å². The number of nitro benzene ring substituents is 1. The van der Waals surface area contributed by atoms with Gasteiger partial charge in [-0.05, 0) is 32.4 Å². The van der Waals surface area contributed by atoms with Crippen molar-refractivity contribution in [1.82, 2.24) is 0 Å². The van der Waals surface area contributed by atoms with Crippen LogP contribution in [0.3, 0.4) is 0 Å². The molecule has 0 bridgehead atoms. The Morgan fingerprint density at radius 3 is 2.55 bits per heavy atom. The second kappa shape index (κ2) is 6.39. The summed E-state index contributed by atoms with van der Waals surface area (Å²) < 4.78 is 5.48. The molecule has 0 saturated heterocycles. The van der Waals surface area contributed by atoms with E-state index in [9.17, 15) is 14.9 Å². The first-order valence-corrected chi connectivity index (χ1v) is 6.87. The molecular weight excluding hydrogens is 282 g/mol. The Morgan fingerprint density at radius 1 is 1.18 bits per heavy atom. The molecule has 0 heterocycles. The first-order valence-electron chi connectivity index (χ1n) is 6.87. The lowest BCUT2D eigenvalue weighted by atomic mass is 10.0. The molecule has 22 heavy (non-hydrogen) atoms. The molecule has 2 aromatic rings. The lowest BCUT2D eigenvalue weighted by Crippen LogP contribution is -2.13. The molecule has 0 aromatic heterocycles. The number of ketones is 1. The Bertz CT molecular complexity index is 737. The van der Waals surface area contributed by atoms with Crippen molar-refractivity contribution in [3.63, 3.8) is 0 Å². The van der Waals surface area contributed by atoms with Gasteiger partial charge in [0, 0.05) is 11.6 Å². The predicted molar refractivity (Wildman–Crippen MR) is 83.6 cm³/mol. The second-order valence-electron chi connectivity index (χ2n) is 5.19. The number of nitrogens with zero attached hydrogens (tertiary/aromatic N) is 1. The number of hydrogen-bond donors (Lipinski definition) is 0. The second-order valence-corrected chi connectivity index (χ2v) is 5.19. The number of Topliss-reactive ketones (excluding diaryl/α,β-unsaturated/α-hetero) is 1. The SMILES string of the molecule is Cc1ccc(C(=O)COc2cccc([N+](=O)[O-])c2C)c(C)c1. The summed E-state index contributed by atoms with van der Waals surface area (Å²) in [5.41, 5.74) is 2.99. The topological polar surface area (TPSA) is 69.4 Å². The number of carbonyl (C=O) groups is 1. The van der Waals surface area contributed by atoms with Gasteiger partial charge in [0.2, 0.25) is 0 Å². The summed E-state index contributed by atoms with van der Waals surface area (Å²) in [5.74, 6) is 0.204. The van der Waals surface area contributed by atoms with Gasteiger partial charge in [-0.2, -0.15) is 0 Å². The number of ether oxygens (including phenoxy) is 1. The van der Waals surface area contributed by atoms with Gasteiger partial charge >= 0.3 is 0 Å². The van der Waals surface area contributed by atoms with Crippen molar-refractivity contribution in [2.45, 2.75) is 20.8 Å². The average molecular weight is 299 g/mol. The van der Waals surface area contributed by atoms with Gasteiger partial charge in [-0.25, -0.2) is 0 Å². The van der Waals surface area contributed by atoms with Crippen LogP contribution >= 0.6 is 0 Å². The third kappa shape index (κ3) is 3.31. The fourth-order valence-corrected chi connectivity index (χ4v) is 2.30. The first kappa shape index (κ1) is 15.7. The molecule has 0 radical (unpaired) electrons. The Balaban J connectivity index is 2.15. The number of aryl methyl sites for hydroxylation is 2. The van der Waals surface area contributed by atoms with Crippen LogP contribution in [0, 0.1) is 30.9 Å². The molecule has 0 amide bonds. The highest BCUT2D eigenvalue weighted by Gasteiger charge is 2.16. The molecule has 0 aliphatic carbocycles. The van der Waals surface area contributed by atoms with Gasteiger partial charge in [-0.1, -0.05) is 29.8 Å². The van der Waals surface area contributed by atoms with E-state index in [1.165, 1.54) is 6.07 Å². The molecule has 0 aliphatic heterocycles. The van der Waals surface area contributed by atoms with Crippen molar-refractivity contribution < 1.29 is 14.5 Å². The van der Waals surface area contributed by atoms with Crippen molar-refractivity contribution in [2.75, 3.05) is 6.61 Å². The lowest BCUT2D eigenvalue weighted by Gasteiger charge is -2.10. The molecule has 0 saturated carbocycles. The first-order chi connectivity index (χ1) is 10.4. The van der Waals surface area contributed by atoms with E-state index < -0.39 is 4.92 Å². The summed E-state index contributed by atoms with van der Waals surface area (Å²) in [5, 5.41) is 10.9. The van der Waals surface area contributed by atoms with Gasteiger partial charge in [-0.3, -0.25) is 14.9 Å². The normalized spacial score (nSPS) is 10.3. The summed E-state index contributed by atoms with van der Waals surface area (Å²) in [6, 6.07) is 10.2. The van der Waals surface area contributed by atoms with Crippen LogP contribution < -0.4 is 4.74 Å². The van der Waals surface area contributed by atoms with Crippen LogP contribution in [0.1, 0.15) is 27.0 Å². The van der Waals surface area contributed by atoms with Crippen molar-refractivity contribution in [3.05, 3.63) is 68.8 Å². The van der Waals surface area contributed by atoms with E-state index in [-0.39, 0.29) is 18.1 Å². The smallest absolute Gasteiger partial charge is 0.276 e. The van der Waals surface area contributed by atoms with Gasteiger partial charge in [0.25, 0.3) is 5.69 Å². The molecular formula is C17H17NO4. The number of rotatable bonds is 5. The van der Waals surface area contributed by atoms with Crippen molar-refractivity contribution in [1.29, 1.82) is 0 Å². The monoisotopic (exact) mass is 299 g/mol. The van der Waals surface area contributed by atoms with Crippen molar-refractivity contribution in [3.8, 4) is 5.75 Å². The minimum atomic E-state index is -0.464. The molecule has 0 N–H and O–H groups in total. The number of benzene rings is 2. The zero-order chi connectivity index (χ0) is 16.3. The molecule has 0 aliphatic rings. The van der Waals surface area contributed by atoms with Crippen LogP contribution in [0.4, 0.5) is 5.69 Å². The van der Waals surface area contributed by atoms with E-state index in [0.717, 1.165) is 11.1 Å². The fourth-order valence-electron chi connectivity index (χ4n) is 2.30. The third-order valence-corrected chi connectivity index (χ3v) is 3.49. The van der Waals surface area contributed by atoms with Crippen LogP contribution in [-0.4, -0.2) is 17.3 Å². The molecule has 0 atom stereocenters. The predicted octanol–water partition coefficient (Wildman–Crippen LogP) is 3.78. The van der Waals surface area contributed by atoms with Gasteiger partial charge < -0.3 is 4.74 Å². The maximum atomic E-state index is 12.2. The van der Waals surface area contributed by atoms with Gasteiger partial charge in [0.05, 0.1) is 10.5 Å². The third-order valence-electron chi connectivity index (χ3n) is 3.49. The van der Waals surface area contributed by atoms with Gasteiger partial charge in [0.15, 0.2) is 12.4 Å². The van der Waals surface area contributed by atoms with Crippen molar-refractivity contribution in [2.24, 2.45) is 0 Å². The summed E-state index contributed by atoms with van der Waals surface area (Å²) >= 11 is 0. The summed E-state index contributed by atoms with van der Waals surface area (Å²) in [7, 11) is 0. The van der Waals surface area contributed by atoms with Crippen LogP contribution in [0.5, 0.6) is 5.75 Å². The molecule has 0 unspecified atom stereocenters. The molecule has 0 fully saturated rings. The minimum absolute atomic E-state index is 0.0172. The van der Waals surface area contributed by atoms with E-state index in [0.29, 0.717) is 16.9 Å². The van der Waals surface area contributed by atoms with E-state index in [4.69, 9.17) is 4.74 Å². The molecule has 114 valence electrons.